The van der Waals surface area contributed by atoms with Crippen molar-refractivity contribution in [3.63, 3.8) is 0 Å². The molecule has 4 heterocycles. The number of hydrogen-bond acceptors (Lipinski definition) is 11. The molecule has 2 saturated heterocycles. The summed E-state index contributed by atoms with van der Waals surface area (Å²) in [5, 5.41) is 19.5. The Morgan fingerprint density at radius 2 is 2.25 bits per heavy atom. The Balaban J connectivity index is 0.00000289. The molecule has 4 rings (SSSR count). The number of nitrogen functional groups attached to an aromatic ring is 1. The van der Waals surface area contributed by atoms with Crippen LogP contribution in [0.3, 0.4) is 0 Å². The number of carboxylic acids is 1. The number of carbonyl (C=O) groups excluding carboxylic acids is 3. The van der Waals surface area contributed by atoms with Crippen LogP contribution in [0.25, 0.3) is 0 Å². The molecule has 14 heteroatoms. The van der Waals surface area contributed by atoms with Crippen LogP contribution in [0.2, 0.25) is 0 Å². The van der Waals surface area contributed by atoms with Gasteiger partial charge in [-0.25, -0.2) is 4.98 Å². The maximum atomic E-state index is 12.9. The normalized spacial score (nSPS) is 27.4. The van der Waals surface area contributed by atoms with Crippen LogP contribution in [0.5, 0.6) is 0 Å². The molecule has 2 amide bonds. The second kappa shape index (κ2) is 9.69. The molecule has 1 unspecified atom stereocenters. The van der Waals surface area contributed by atoms with Crippen molar-refractivity contribution < 1.29 is 58.6 Å². The van der Waals surface area contributed by atoms with Gasteiger partial charge in [-0.05, 0) is 25.3 Å². The van der Waals surface area contributed by atoms with Crippen LogP contribution in [0.1, 0.15) is 25.5 Å². The fourth-order valence-corrected chi connectivity index (χ4v) is 5.99. The minimum Gasteiger partial charge on any atom is -0.543 e. The van der Waals surface area contributed by atoms with Crippen molar-refractivity contribution in [2.75, 3.05) is 25.2 Å². The van der Waals surface area contributed by atoms with Gasteiger partial charge in [0.15, 0.2) is 10.8 Å². The minimum atomic E-state index is -1.44. The van der Waals surface area contributed by atoms with E-state index in [9.17, 15) is 19.5 Å². The van der Waals surface area contributed by atoms with Crippen molar-refractivity contribution in [2.45, 2.75) is 36.8 Å². The quantitative estimate of drug-likeness (QED) is 0.176. The van der Waals surface area contributed by atoms with Crippen molar-refractivity contribution >= 4 is 51.7 Å². The number of carbonyl (C=O) groups is 3. The molecular formula is C18H20N5NaO6S2. The van der Waals surface area contributed by atoms with E-state index in [2.05, 4.69) is 15.5 Å². The Kier molecular flexibility index (Phi) is 7.57. The molecule has 0 bridgehead atoms. The number of oxime groups is 1. The van der Waals surface area contributed by atoms with Gasteiger partial charge in [-0.3, -0.25) is 14.5 Å². The van der Waals surface area contributed by atoms with Crippen molar-refractivity contribution in [3.8, 4) is 0 Å². The zero-order valence-corrected chi connectivity index (χ0v) is 21.4. The summed E-state index contributed by atoms with van der Waals surface area (Å²) >= 11 is 2.49. The van der Waals surface area contributed by atoms with Crippen LogP contribution in [-0.2, 0) is 24.0 Å². The number of ether oxygens (including phenoxy) is 1. The Morgan fingerprint density at radius 3 is 2.81 bits per heavy atom. The number of nitrogens with two attached hydrogens (primary N) is 1. The summed E-state index contributed by atoms with van der Waals surface area (Å²) in [7, 11) is 1.28. The molecular weight excluding hydrogens is 469 g/mol. The number of β-lactam (4-membered cyclic amide) rings is 1. The van der Waals surface area contributed by atoms with Crippen LogP contribution in [0.4, 0.5) is 5.13 Å². The number of rotatable bonds is 6. The van der Waals surface area contributed by atoms with Crippen molar-refractivity contribution in [3.05, 3.63) is 22.3 Å². The molecule has 166 valence electrons. The monoisotopic (exact) mass is 489 g/mol. The predicted octanol–water partition coefficient (Wildman–Crippen LogP) is -3.95. The van der Waals surface area contributed by atoms with Gasteiger partial charge in [-0.15, -0.1) is 23.1 Å². The molecule has 0 spiro atoms. The molecule has 3 atom stereocenters. The van der Waals surface area contributed by atoms with E-state index in [-0.39, 0.29) is 51.8 Å². The number of anilines is 1. The molecule has 32 heavy (non-hydrogen) atoms. The van der Waals surface area contributed by atoms with E-state index in [1.54, 1.807) is 5.38 Å². The topological polar surface area (TPSA) is 159 Å². The van der Waals surface area contributed by atoms with Gasteiger partial charge in [0, 0.05) is 17.7 Å². The predicted molar refractivity (Wildman–Crippen MR) is 111 cm³/mol. The molecule has 0 aliphatic carbocycles. The SMILES string of the molecule is CO/N=C(\C(=O)N[C@@H]1C(=O)N2C(C(=O)[O-])=C(C3(C)CCCO3)CS[C@H]12)c1csc(N)n1.[Na+]. The summed E-state index contributed by atoms with van der Waals surface area (Å²) < 4.78 is 5.79. The molecule has 3 aliphatic heterocycles. The summed E-state index contributed by atoms with van der Waals surface area (Å²) in [5.74, 6) is -2.31. The minimum absolute atomic E-state index is 0. The number of carboxylic acid groups (broad SMARTS) is 1. The Bertz CT molecular complexity index is 1010. The first kappa shape index (κ1) is 25.0. The average Bonchev–Trinajstić information content (AvgIpc) is 3.37. The zero-order valence-electron chi connectivity index (χ0n) is 17.7. The van der Waals surface area contributed by atoms with Gasteiger partial charge in [0.1, 0.15) is 24.2 Å². The third-order valence-electron chi connectivity index (χ3n) is 5.47. The zero-order chi connectivity index (χ0) is 22.3. The van der Waals surface area contributed by atoms with E-state index >= 15 is 0 Å². The second-order valence-electron chi connectivity index (χ2n) is 7.35. The van der Waals surface area contributed by atoms with Gasteiger partial charge in [-0.1, -0.05) is 5.16 Å². The summed E-state index contributed by atoms with van der Waals surface area (Å²) in [5.41, 5.74) is 5.32. The van der Waals surface area contributed by atoms with Gasteiger partial charge in [0.25, 0.3) is 11.8 Å². The van der Waals surface area contributed by atoms with Crippen LogP contribution in [0, 0.1) is 0 Å². The second-order valence-corrected chi connectivity index (χ2v) is 9.35. The number of fused-ring (bicyclic) bond motifs is 1. The Hall–Kier alpha value is -1.64. The smallest absolute Gasteiger partial charge is 0.543 e. The number of hydrogen-bond donors (Lipinski definition) is 2. The molecule has 3 N–H and O–H groups in total. The van der Waals surface area contributed by atoms with Gasteiger partial charge >= 0.3 is 29.6 Å². The van der Waals surface area contributed by atoms with Gasteiger partial charge in [0.2, 0.25) is 0 Å². The molecule has 1 aromatic heterocycles. The van der Waals surface area contributed by atoms with Crippen molar-refractivity contribution in [2.24, 2.45) is 5.16 Å². The maximum Gasteiger partial charge on any atom is 1.00 e. The molecule has 0 saturated carbocycles. The number of aliphatic carboxylic acids is 1. The number of amides is 2. The first-order valence-electron chi connectivity index (χ1n) is 9.44. The molecule has 2 fully saturated rings. The Labute approximate surface area is 214 Å². The van der Waals surface area contributed by atoms with Crippen molar-refractivity contribution in [1.29, 1.82) is 0 Å². The van der Waals surface area contributed by atoms with Gasteiger partial charge < -0.3 is 30.5 Å². The Morgan fingerprint density at radius 1 is 1.50 bits per heavy atom. The van der Waals surface area contributed by atoms with Crippen molar-refractivity contribution in [1.82, 2.24) is 15.2 Å². The number of thiazole rings is 1. The molecule has 1 aromatic rings. The number of thioether (sulfide) groups is 1. The van der Waals surface area contributed by atoms with E-state index < -0.39 is 34.8 Å². The summed E-state index contributed by atoms with van der Waals surface area (Å²) in [6.07, 6.45) is 1.48. The largest absolute Gasteiger partial charge is 1.00 e. The fraction of sp³-hybridized carbons (Fsp3) is 0.500. The van der Waals surface area contributed by atoms with Crippen LogP contribution in [-0.4, -0.2) is 69.9 Å². The number of nitrogens with zero attached hydrogens (tertiary/aromatic N) is 3. The first-order valence-corrected chi connectivity index (χ1v) is 11.4. The van der Waals surface area contributed by atoms with E-state index in [0.717, 1.165) is 17.8 Å². The standard InChI is InChI=1S/C18H21N5O6S2.Na/c1-18(4-3-5-29-18)8-6-30-15-11(14(25)23(15)12(8)16(26)27)21-13(24)10(22-28-2)9-7-31-17(19)20-9;/h7,11,15H,3-6H2,1-2H3,(H2,19,20)(H,21,24)(H,26,27);/q;+1/p-1/b22-10-;/t11-,15-,18?;/m1./s1. The van der Waals surface area contributed by atoms with E-state index in [1.165, 1.54) is 23.8 Å². The summed E-state index contributed by atoms with van der Waals surface area (Å²) in [6, 6.07) is -0.927. The molecule has 0 aromatic carbocycles. The molecule has 3 aliphatic rings. The average molecular weight is 490 g/mol. The van der Waals surface area contributed by atoms with E-state index in [1.807, 2.05) is 6.92 Å². The maximum absolute atomic E-state index is 12.9. The first-order chi connectivity index (χ1) is 14.8. The van der Waals surface area contributed by atoms with E-state index in [0.29, 0.717) is 24.4 Å². The molecule has 0 radical (unpaired) electrons. The summed E-state index contributed by atoms with van der Waals surface area (Å²) in [4.78, 5) is 47.5. The summed E-state index contributed by atoms with van der Waals surface area (Å²) in [6.45, 7) is 2.36. The molecule has 11 nitrogen and oxygen atoms in total. The van der Waals surface area contributed by atoms with Gasteiger partial charge in [-0.2, -0.15) is 0 Å². The van der Waals surface area contributed by atoms with Crippen LogP contribution < -0.4 is 45.7 Å². The third-order valence-corrected chi connectivity index (χ3v) is 7.42. The third kappa shape index (κ3) is 4.29. The van der Waals surface area contributed by atoms with Gasteiger partial charge in [0.05, 0.1) is 17.3 Å². The van der Waals surface area contributed by atoms with Crippen LogP contribution in [0.15, 0.2) is 21.8 Å². The number of aromatic nitrogens is 1. The fourth-order valence-electron chi connectivity index (χ4n) is 3.93. The van der Waals surface area contributed by atoms with E-state index in [4.69, 9.17) is 15.3 Å². The van der Waals surface area contributed by atoms with Crippen LogP contribution >= 0.6 is 23.1 Å². The number of nitrogens with one attached hydrogen (secondary N) is 1.